The lowest BCUT2D eigenvalue weighted by Gasteiger charge is -2.01. The molecule has 0 unspecified atom stereocenters. The first-order valence-electron chi connectivity index (χ1n) is 4.38. The lowest BCUT2D eigenvalue weighted by atomic mass is 10.1. The summed E-state index contributed by atoms with van der Waals surface area (Å²) >= 11 is 0. The van der Waals surface area contributed by atoms with Gasteiger partial charge in [-0.2, -0.15) is 0 Å². The van der Waals surface area contributed by atoms with E-state index in [1.54, 1.807) is 24.3 Å². The second-order valence-electron chi connectivity index (χ2n) is 2.99. The number of hydrogen-bond acceptors (Lipinski definition) is 2. The quantitative estimate of drug-likeness (QED) is 0.597. The van der Waals surface area contributed by atoms with Gasteiger partial charge in [-0.1, -0.05) is 24.3 Å². The zero-order valence-corrected chi connectivity index (χ0v) is 8.28. The molecule has 0 atom stereocenters. The number of nitrogens with one attached hydrogen (secondary N) is 1. The molecular weight excluding hydrogens is 192 g/mol. The van der Waals surface area contributed by atoms with Crippen molar-refractivity contribution in [3.05, 3.63) is 41.2 Å². The maximum atomic E-state index is 11.5. The standard InChI is InChI=1S/C11H10N2O2/c1-8(14)13-7-11(15)9-3-5-10(12-2)6-4-9/h3-6H,7H2,1H3,(H,13,14). The third-order valence-electron chi connectivity index (χ3n) is 1.82. The van der Waals surface area contributed by atoms with E-state index in [0.717, 1.165) is 0 Å². The Balaban J connectivity index is 2.67. The highest BCUT2D eigenvalue weighted by Gasteiger charge is 2.05. The van der Waals surface area contributed by atoms with Gasteiger partial charge in [0, 0.05) is 12.5 Å². The maximum absolute atomic E-state index is 11.5. The molecule has 4 nitrogen and oxygen atoms in total. The molecule has 0 aliphatic rings. The highest BCUT2D eigenvalue weighted by Crippen LogP contribution is 2.12. The normalized spacial score (nSPS) is 9.07. The third kappa shape index (κ3) is 3.24. The molecule has 1 aromatic carbocycles. The molecule has 1 N–H and O–H groups in total. The highest BCUT2D eigenvalue weighted by atomic mass is 16.2. The second-order valence-corrected chi connectivity index (χ2v) is 2.99. The van der Waals surface area contributed by atoms with Crippen molar-refractivity contribution in [3.8, 4) is 0 Å². The van der Waals surface area contributed by atoms with Crippen molar-refractivity contribution in [2.24, 2.45) is 0 Å². The molecule has 1 rings (SSSR count). The van der Waals surface area contributed by atoms with Crippen LogP contribution in [0.4, 0.5) is 5.69 Å². The Labute approximate surface area is 87.7 Å². The van der Waals surface area contributed by atoms with E-state index in [-0.39, 0.29) is 18.2 Å². The maximum Gasteiger partial charge on any atom is 0.217 e. The molecule has 1 amide bonds. The van der Waals surface area contributed by atoms with E-state index in [2.05, 4.69) is 10.2 Å². The van der Waals surface area contributed by atoms with Crippen molar-refractivity contribution in [2.75, 3.05) is 6.54 Å². The van der Waals surface area contributed by atoms with Gasteiger partial charge in [-0.05, 0) is 0 Å². The Morgan fingerprint density at radius 2 is 1.93 bits per heavy atom. The summed E-state index contributed by atoms with van der Waals surface area (Å²) in [6, 6.07) is 6.32. The van der Waals surface area contributed by atoms with E-state index in [0.29, 0.717) is 11.3 Å². The second kappa shape index (κ2) is 4.91. The first-order chi connectivity index (χ1) is 7.13. The predicted octanol–water partition coefficient (Wildman–Crippen LogP) is 1.56. The molecule has 1 aromatic rings. The third-order valence-corrected chi connectivity index (χ3v) is 1.82. The minimum Gasteiger partial charge on any atom is -0.349 e. The zero-order chi connectivity index (χ0) is 11.3. The van der Waals surface area contributed by atoms with Gasteiger partial charge in [-0.3, -0.25) is 9.59 Å². The van der Waals surface area contributed by atoms with Gasteiger partial charge in [0.2, 0.25) is 5.91 Å². The van der Waals surface area contributed by atoms with Crippen molar-refractivity contribution in [2.45, 2.75) is 6.92 Å². The first-order valence-corrected chi connectivity index (χ1v) is 4.38. The van der Waals surface area contributed by atoms with Gasteiger partial charge in [-0.15, -0.1) is 0 Å². The molecular formula is C11H10N2O2. The summed E-state index contributed by atoms with van der Waals surface area (Å²) in [4.78, 5) is 25.2. The van der Waals surface area contributed by atoms with Crippen LogP contribution in [0, 0.1) is 6.57 Å². The smallest absolute Gasteiger partial charge is 0.217 e. The molecule has 0 aromatic heterocycles. The lowest BCUT2D eigenvalue weighted by Crippen LogP contribution is -2.27. The van der Waals surface area contributed by atoms with Gasteiger partial charge >= 0.3 is 0 Å². The molecule has 15 heavy (non-hydrogen) atoms. The van der Waals surface area contributed by atoms with E-state index >= 15 is 0 Å². The van der Waals surface area contributed by atoms with E-state index in [1.807, 2.05) is 0 Å². The number of carbonyl (C=O) groups excluding carboxylic acids is 2. The van der Waals surface area contributed by atoms with E-state index in [1.165, 1.54) is 6.92 Å². The van der Waals surface area contributed by atoms with Crippen molar-refractivity contribution < 1.29 is 9.59 Å². The van der Waals surface area contributed by atoms with Crippen molar-refractivity contribution in [1.29, 1.82) is 0 Å². The number of rotatable bonds is 3. The number of carbonyl (C=O) groups is 2. The fraction of sp³-hybridized carbons (Fsp3) is 0.182. The predicted molar refractivity (Wildman–Crippen MR) is 55.7 cm³/mol. The Morgan fingerprint density at radius 1 is 1.33 bits per heavy atom. The van der Waals surface area contributed by atoms with Gasteiger partial charge in [0.05, 0.1) is 13.1 Å². The van der Waals surface area contributed by atoms with Crippen molar-refractivity contribution in [1.82, 2.24) is 5.32 Å². The van der Waals surface area contributed by atoms with Gasteiger partial charge in [0.1, 0.15) is 0 Å². The van der Waals surface area contributed by atoms with Crippen molar-refractivity contribution in [3.63, 3.8) is 0 Å². The first kappa shape index (κ1) is 10.9. The Kier molecular flexibility index (Phi) is 3.58. The van der Waals surface area contributed by atoms with Gasteiger partial charge in [0.15, 0.2) is 11.5 Å². The van der Waals surface area contributed by atoms with E-state index in [4.69, 9.17) is 6.57 Å². The highest BCUT2D eigenvalue weighted by molar-refractivity contribution is 5.99. The summed E-state index contributed by atoms with van der Waals surface area (Å²) in [5, 5.41) is 2.42. The monoisotopic (exact) mass is 202 g/mol. The number of nitrogens with zero attached hydrogens (tertiary/aromatic N) is 1. The number of amides is 1. The van der Waals surface area contributed by atoms with Crippen LogP contribution < -0.4 is 5.32 Å². The minimum atomic E-state index is -0.235. The van der Waals surface area contributed by atoms with Crippen LogP contribution in [0.15, 0.2) is 24.3 Å². The summed E-state index contributed by atoms with van der Waals surface area (Å²) < 4.78 is 0. The average Bonchev–Trinajstić information content (AvgIpc) is 2.26. The Morgan fingerprint density at radius 3 is 2.40 bits per heavy atom. The molecule has 0 aliphatic heterocycles. The fourth-order valence-electron chi connectivity index (χ4n) is 1.03. The lowest BCUT2D eigenvalue weighted by molar-refractivity contribution is -0.118. The van der Waals surface area contributed by atoms with Crippen LogP contribution in [-0.4, -0.2) is 18.2 Å². The average molecular weight is 202 g/mol. The topological polar surface area (TPSA) is 50.5 Å². The van der Waals surface area contributed by atoms with Crippen LogP contribution in [0.25, 0.3) is 4.85 Å². The molecule has 4 heteroatoms. The molecule has 0 heterocycles. The summed E-state index contributed by atoms with van der Waals surface area (Å²) in [6.07, 6.45) is 0. The zero-order valence-electron chi connectivity index (χ0n) is 8.28. The molecule has 76 valence electrons. The molecule has 0 fully saturated rings. The summed E-state index contributed by atoms with van der Waals surface area (Å²) in [6.45, 7) is 8.09. The number of hydrogen-bond donors (Lipinski definition) is 1. The van der Waals surface area contributed by atoms with E-state index in [9.17, 15) is 9.59 Å². The van der Waals surface area contributed by atoms with Gasteiger partial charge in [0.25, 0.3) is 0 Å². The molecule has 0 bridgehead atoms. The van der Waals surface area contributed by atoms with Gasteiger partial charge < -0.3 is 5.32 Å². The van der Waals surface area contributed by atoms with Crippen LogP contribution in [0.1, 0.15) is 17.3 Å². The number of benzene rings is 1. The fourth-order valence-corrected chi connectivity index (χ4v) is 1.03. The van der Waals surface area contributed by atoms with E-state index < -0.39 is 0 Å². The van der Waals surface area contributed by atoms with Crippen LogP contribution >= 0.6 is 0 Å². The van der Waals surface area contributed by atoms with Crippen LogP contribution in [0.2, 0.25) is 0 Å². The molecule has 0 radical (unpaired) electrons. The molecule has 0 saturated heterocycles. The number of Topliss-reactive ketones (excluding diaryl/α,β-unsaturated/α-hetero) is 1. The number of ketones is 1. The summed E-state index contributed by atoms with van der Waals surface area (Å²) in [5.41, 5.74) is 0.988. The Bertz CT molecular complexity index is 415. The summed E-state index contributed by atoms with van der Waals surface area (Å²) in [7, 11) is 0. The molecule has 0 aliphatic carbocycles. The van der Waals surface area contributed by atoms with Crippen LogP contribution in [0.3, 0.4) is 0 Å². The SMILES string of the molecule is [C-]#[N+]c1ccc(C(=O)CNC(C)=O)cc1. The largest absolute Gasteiger partial charge is 0.349 e. The minimum absolute atomic E-state index is 0.00724. The van der Waals surface area contributed by atoms with Crippen LogP contribution in [0.5, 0.6) is 0 Å². The molecule has 0 spiro atoms. The Hall–Kier alpha value is -2.15. The van der Waals surface area contributed by atoms with Crippen LogP contribution in [-0.2, 0) is 4.79 Å². The van der Waals surface area contributed by atoms with Gasteiger partial charge in [-0.25, -0.2) is 4.85 Å². The molecule has 0 saturated carbocycles. The summed E-state index contributed by atoms with van der Waals surface area (Å²) in [5.74, 6) is -0.400. The van der Waals surface area contributed by atoms with Crippen molar-refractivity contribution >= 4 is 17.4 Å².